The molecular weight excluding hydrogens is 318 g/mol. The molecule has 3 aromatic rings. The van der Waals surface area contributed by atoms with Gasteiger partial charge in [0.2, 0.25) is 5.95 Å². The molecule has 1 aromatic carbocycles. The molecule has 1 saturated carbocycles. The van der Waals surface area contributed by atoms with Crippen molar-refractivity contribution in [2.45, 2.75) is 32.1 Å². The minimum atomic E-state index is -0.367. The van der Waals surface area contributed by atoms with Crippen molar-refractivity contribution in [1.82, 2.24) is 9.97 Å². The summed E-state index contributed by atoms with van der Waals surface area (Å²) in [6, 6.07) is 9.24. The van der Waals surface area contributed by atoms with Crippen LogP contribution in [0, 0.1) is 0 Å². The van der Waals surface area contributed by atoms with E-state index < -0.39 is 0 Å². The van der Waals surface area contributed by atoms with Crippen LogP contribution >= 0.6 is 0 Å². The summed E-state index contributed by atoms with van der Waals surface area (Å²) in [6.07, 6.45) is 3.10. The highest BCUT2D eigenvalue weighted by molar-refractivity contribution is 6.04. The van der Waals surface area contributed by atoms with E-state index in [-0.39, 0.29) is 11.7 Å². The molecule has 1 N–H and O–H groups in total. The number of benzene rings is 1. The van der Waals surface area contributed by atoms with Gasteiger partial charge in [0, 0.05) is 22.7 Å². The van der Waals surface area contributed by atoms with Crippen molar-refractivity contribution in [2.24, 2.45) is 0 Å². The second-order valence-electron chi connectivity index (χ2n) is 6.18. The van der Waals surface area contributed by atoms with Gasteiger partial charge in [-0.2, -0.15) is 0 Å². The van der Waals surface area contributed by atoms with E-state index in [1.807, 2.05) is 25.1 Å². The Hall–Kier alpha value is -2.89. The molecule has 1 fully saturated rings. The molecule has 1 aliphatic rings. The SMILES string of the molecule is CCc1cc(C2CC2)nc(NC(=O)c2cc3cccc(OC)c3o2)n1. The molecule has 6 heteroatoms. The molecular formula is C19H19N3O3. The van der Waals surface area contributed by atoms with Gasteiger partial charge in [-0.15, -0.1) is 0 Å². The van der Waals surface area contributed by atoms with Gasteiger partial charge in [0.15, 0.2) is 17.1 Å². The number of anilines is 1. The Morgan fingerprint density at radius 3 is 2.88 bits per heavy atom. The fourth-order valence-electron chi connectivity index (χ4n) is 2.82. The highest BCUT2D eigenvalue weighted by atomic mass is 16.5. The Labute approximate surface area is 145 Å². The number of carbonyl (C=O) groups is 1. The number of furan rings is 1. The van der Waals surface area contributed by atoms with E-state index in [4.69, 9.17) is 9.15 Å². The number of hydrogen-bond donors (Lipinski definition) is 1. The van der Waals surface area contributed by atoms with Crippen molar-refractivity contribution in [3.63, 3.8) is 0 Å². The van der Waals surface area contributed by atoms with E-state index >= 15 is 0 Å². The lowest BCUT2D eigenvalue weighted by Crippen LogP contribution is -2.14. The first kappa shape index (κ1) is 15.6. The fourth-order valence-corrected chi connectivity index (χ4v) is 2.82. The van der Waals surface area contributed by atoms with Gasteiger partial charge in [-0.05, 0) is 37.5 Å². The van der Waals surface area contributed by atoms with Crippen LogP contribution in [0.3, 0.4) is 0 Å². The predicted octanol–water partition coefficient (Wildman–Crippen LogP) is 3.92. The smallest absolute Gasteiger partial charge is 0.293 e. The number of nitrogens with zero attached hydrogens (tertiary/aromatic N) is 2. The number of aryl methyl sites for hydroxylation is 1. The maximum absolute atomic E-state index is 12.6. The van der Waals surface area contributed by atoms with Crippen LogP contribution in [0.5, 0.6) is 5.75 Å². The third kappa shape index (κ3) is 3.07. The molecule has 25 heavy (non-hydrogen) atoms. The van der Waals surface area contributed by atoms with Crippen LogP contribution < -0.4 is 10.1 Å². The maximum Gasteiger partial charge on any atom is 0.293 e. The largest absolute Gasteiger partial charge is 0.493 e. The lowest BCUT2D eigenvalue weighted by Gasteiger charge is -2.07. The number of amides is 1. The van der Waals surface area contributed by atoms with Gasteiger partial charge in [-0.3, -0.25) is 10.1 Å². The molecule has 0 spiro atoms. The first-order valence-electron chi connectivity index (χ1n) is 8.43. The maximum atomic E-state index is 12.6. The molecule has 0 aliphatic heterocycles. The zero-order valence-corrected chi connectivity index (χ0v) is 14.2. The normalized spacial score (nSPS) is 13.8. The quantitative estimate of drug-likeness (QED) is 0.763. The topological polar surface area (TPSA) is 77.2 Å². The van der Waals surface area contributed by atoms with Crippen molar-refractivity contribution in [3.8, 4) is 5.75 Å². The van der Waals surface area contributed by atoms with Crippen LogP contribution in [0.2, 0.25) is 0 Å². The summed E-state index contributed by atoms with van der Waals surface area (Å²) in [5.41, 5.74) is 2.49. The van der Waals surface area contributed by atoms with Crippen molar-refractivity contribution in [2.75, 3.05) is 12.4 Å². The summed E-state index contributed by atoms with van der Waals surface area (Å²) < 4.78 is 10.9. The number of carbonyl (C=O) groups excluding carboxylic acids is 1. The van der Waals surface area contributed by atoms with E-state index in [0.29, 0.717) is 23.2 Å². The molecule has 0 unspecified atom stereocenters. The van der Waals surface area contributed by atoms with E-state index in [2.05, 4.69) is 15.3 Å². The number of ether oxygens (including phenoxy) is 1. The molecule has 0 atom stereocenters. The van der Waals surface area contributed by atoms with Gasteiger partial charge >= 0.3 is 0 Å². The highest BCUT2D eigenvalue weighted by Crippen LogP contribution is 2.39. The first-order valence-corrected chi connectivity index (χ1v) is 8.43. The van der Waals surface area contributed by atoms with Crippen molar-refractivity contribution >= 4 is 22.8 Å². The van der Waals surface area contributed by atoms with Crippen molar-refractivity contribution in [3.05, 3.63) is 47.5 Å². The molecule has 0 bridgehead atoms. The average Bonchev–Trinajstić information content (AvgIpc) is 3.39. The lowest BCUT2D eigenvalue weighted by atomic mass is 10.2. The minimum absolute atomic E-state index is 0.206. The van der Waals surface area contributed by atoms with Gasteiger partial charge in [0.05, 0.1) is 7.11 Å². The van der Waals surface area contributed by atoms with Crippen LogP contribution in [0.25, 0.3) is 11.0 Å². The van der Waals surface area contributed by atoms with Crippen LogP contribution in [0.15, 0.2) is 34.7 Å². The van der Waals surface area contributed by atoms with Crippen molar-refractivity contribution < 1.29 is 13.9 Å². The second kappa shape index (κ2) is 6.20. The van der Waals surface area contributed by atoms with Crippen LogP contribution in [-0.2, 0) is 6.42 Å². The standard InChI is InChI=1S/C19H19N3O3/c1-3-13-10-14(11-7-8-11)21-19(20-13)22-18(23)16-9-12-5-4-6-15(24-2)17(12)25-16/h4-6,9-11H,3,7-8H2,1-2H3,(H,20,21,22,23). The molecule has 4 rings (SSSR count). The van der Waals surface area contributed by atoms with Gasteiger partial charge in [0.25, 0.3) is 5.91 Å². The molecule has 1 aliphatic carbocycles. The monoisotopic (exact) mass is 337 g/mol. The number of fused-ring (bicyclic) bond motifs is 1. The van der Waals surface area contributed by atoms with Crippen LogP contribution in [0.1, 0.15) is 47.6 Å². The van der Waals surface area contributed by atoms with E-state index in [0.717, 1.165) is 36.0 Å². The average molecular weight is 337 g/mol. The lowest BCUT2D eigenvalue weighted by molar-refractivity contribution is 0.0997. The van der Waals surface area contributed by atoms with E-state index in [1.54, 1.807) is 19.2 Å². The molecule has 0 radical (unpaired) electrons. The highest BCUT2D eigenvalue weighted by Gasteiger charge is 2.26. The number of methoxy groups -OCH3 is 1. The van der Waals surface area contributed by atoms with E-state index in [1.165, 1.54) is 0 Å². The Morgan fingerprint density at radius 1 is 1.32 bits per heavy atom. The van der Waals surface area contributed by atoms with E-state index in [9.17, 15) is 4.79 Å². The van der Waals surface area contributed by atoms with Crippen molar-refractivity contribution in [1.29, 1.82) is 0 Å². The third-order valence-electron chi connectivity index (χ3n) is 4.33. The molecule has 6 nitrogen and oxygen atoms in total. The Bertz CT molecular complexity index is 944. The van der Waals surface area contributed by atoms with Crippen LogP contribution in [-0.4, -0.2) is 23.0 Å². The number of rotatable bonds is 5. The van der Waals surface area contributed by atoms with Gasteiger partial charge < -0.3 is 9.15 Å². The summed E-state index contributed by atoms with van der Waals surface area (Å²) in [7, 11) is 1.57. The second-order valence-corrected chi connectivity index (χ2v) is 6.18. The zero-order chi connectivity index (χ0) is 17.4. The Kier molecular flexibility index (Phi) is 3.87. The molecule has 1 amide bonds. The predicted molar refractivity (Wildman–Crippen MR) is 94.1 cm³/mol. The minimum Gasteiger partial charge on any atom is -0.493 e. The van der Waals surface area contributed by atoms with Gasteiger partial charge in [-0.25, -0.2) is 9.97 Å². The van der Waals surface area contributed by atoms with Gasteiger partial charge in [-0.1, -0.05) is 19.1 Å². The molecule has 2 aromatic heterocycles. The summed E-state index contributed by atoms with van der Waals surface area (Å²) in [4.78, 5) is 21.4. The first-order chi connectivity index (χ1) is 12.2. The van der Waals surface area contributed by atoms with Gasteiger partial charge in [0.1, 0.15) is 0 Å². The molecule has 0 saturated heterocycles. The number of hydrogen-bond acceptors (Lipinski definition) is 5. The summed E-state index contributed by atoms with van der Waals surface area (Å²) >= 11 is 0. The summed E-state index contributed by atoms with van der Waals surface area (Å²) in [6.45, 7) is 2.04. The fraction of sp³-hybridized carbons (Fsp3) is 0.316. The number of para-hydroxylation sites is 1. The number of aromatic nitrogens is 2. The molecule has 128 valence electrons. The van der Waals surface area contributed by atoms with Crippen LogP contribution in [0.4, 0.5) is 5.95 Å². The molecule has 2 heterocycles. The Morgan fingerprint density at radius 2 is 2.16 bits per heavy atom. The Balaban J connectivity index is 1.62. The number of nitrogens with one attached hydrogen (secondary N) is 1. The summed E-state index contributed by atoms with van der Waals surface area (Å²) in [5, 5.41) is 3.57. The summed E-state index contributed by atoms with van der Waals surface area (Å²) in [5.74, 6) is 1.26. The third-order valence-corrected chi connectivity index (χ3v) is 4.33. The zero-order valence-electron chi connectivity index (χ0n) is 14.2.